The molecule has 2 heterocycles. The molecule has 0 unspecified atom stereocenters. The Balaban J connectivity index is 1.68. The minimum Gasteiger partial charge on any atom is -0.493 e. The second-order valence-corrected chi connectivity index (χ2v) is 8.04. The third-order valence-electron chi connectivity index (χ3n) is 4.27. The van der Waals surface area contributed by atoms with Crippen LogP contribution in [0.3, 0.4) is 0 Å². The Hall–Kier alpha value is -3.19. The standard InChI is InChI=1S/C22H21N3O3S/c1-14(2)13-28-17-10-9-15(11-18(17)27-3)12-19-21(26)25-22(29-19)23-20(24-25)16-7-5-4-6-8-16/h4-12,14H,13H2,1-3H3/b19-12-. The number of benzene rings is 2. The molecule has 2 aromatic heterocycles. The summed E-state index contributed by atoms with van der Waals surface area (Å²) < 4.78 is 13.2. The van der Waals surface area contributed by atoms with E-state index in [0.29, 0.717) is 39.3 Å². The Morgan fingerprint density at radius 3 is 2.62 bits per heavy atom. The summed E-state index contributed by atoms with van der Waals surface area (Å²) in [5, 5.41) is 4.37. The molecule has 0 radical (unpaired) electrons. The normalized spacial score (nSPS) is 12.1. The Kier molecular flexibility index (Phi) is 5.31. The van der Waals surface area contributed by atoms with Gasteiger partial charge < -0.3 is 9.47 Å². The van der Waals surface area contributed by atoms with Gasteiger partial charge in [0.05, 0.1) is 18.2 Å². The lowest BCUT2D eigenvalue weighted by Gasteiger charge is -2.12. The van der Waals surface area contributed by atoms with Gasteiger partial charge in [0, 0.05) is 5.56 Å². The van der Waals surface area contributed by atoms with E-state index in [2.05, 4.69) is 23.9 Å². The maximum absolute atomic E-state index is 12.8. The molecule has 7 heteroatoms. The van der Waals surface area contributed by atoms with E-state index in [-0.39, 0.29) is 5.56 Å². The minimum atomic E-state index is -0.182. The summed E-state index contributed by atoms with van der Waals surface area (Å²) in [6, 6.07) is 15.2. The third-order valence-corrected chi connectivity index (χ3v) is 5.23. The van der Waals surface area contributed by atoms with Crippen LogP contribution >= 0.6 is 11.3 Å². The van der Waals surface area contributed by atoms with Crippen molar-refractivity contribution in [2.45, 2.75) is 13.8 Å². The molecule has 0 amide bonds. The first kappa shape index (κ1) is 19.1. The summed E-state index contributed by atoms with van der Waals surface area (Å²) in [5.74, 6) is 2.30. The number of rotatable bonds is 6. The van der Waals surface area contributed by atoms with Crippen molar-refractivity contribution >= 4 is 22.4 Å². The Bertz CT molecular complexity index is 1250. The van der Waals surface area contributed by atoms with Gasteiger partial charge in [0.15, 0.2) is 17.3 Å². The highest BCUT2D eigenvalue weighted by Crippen LogP contribution is 2.28. The molecule has 0 atom stereocenters. The van der Waals surface area contributed by atoms with E-state index in [1.807, 2.05) is 54.6 Å². The van der Waals surface area contributed by atoms with Crippen LogP contribution in [0.2, 0.25) is 0 Å². The van der Waals surface area contributed by atoms with Crippen LogP contribution in [0.25, 0.3) is 22.4 Å². The highest BCUT2D eigenvalue weighted by molar-refractivity contribution is 7.15. The zero-order valence-corrected chi connectivity index (χ0v) is 17.3. The summed E-state index contributed by atoms with van der Waals surface area (Å²) in [4.78, 5) is 17.8. The van der Waals surface area contributed by atoms with Crippen molar-refractivity contribution < 1.29 is 9.47 Å². The lowest BCUT2D eigenvalue weighted by atomic mass is 10.2. The quantitative estimate of drug-likeness (QED) is 0.490. The van der Waals surface area contributed by atoms with Gasteiger partial charge in [-0.3, -0.25) is 4.79 Å². The van der Waals surface area contributed by atoms with Crippen molar-refractivity contribution in [3.63, 3.8) is 0 Å². The smallest absolute Gasteiger partial charge is 0.291 e. The van der Waals surface area contributed by atoms with Gasteiger partial charge >= 0.3 is 0 Å². The topological polar surface area (TPSA) is 65.7 Å². The van der Waals surface area contributed by atoms with Gasteiger partial charge in [-0.15, -0.1) is 5.10 Å². The summed E-state index contributed by atoms with van der Waals surface area (Å²) in [6.45, 7) is 4.80. The second kappa shape index (κ2) is 8.05. The molecule has 0 aliphatic rings. The molecule has 29 heavy (non-hydrogen) atoms. The molecule has 0 aliphatic carbocycles. The molecular formula is C22H21N3O3S. The zero-order valence-electron chi connectivity index (χ0n) is 16.5. The lowest BCUT2D eigenvalue weighted by molar-refractivity contribution is 0.257. The second-order valence-electron chi connectivity index (χ2n) is 7.03. The van der Waals surface area contributed by atoms with Crippen LogP contribution in [0, 0.1) is 5.92 Å². The SMILES string of the molecule is COc1cc(/C=c2\sc3nc(-c4ccccc4)nn3c2=O)ccc1OCC(C)C. The van der Waals surface area contributed by atoms with Gasteiger partial charge in [0.2, 0.25) is 4.96 Å². The van der Waals surface area contributed by atoms with Crippen LogP contribution in [0.5, 0.6) is 11.5 Å². The summed E-state index contributed by atoms with van der Waals surface area (Å²) in [7, 11) is 1.61. The highest BCUT2D eigenvalue weighted by Gasteiger charge is 2.12. The largest absolute Gasteiger partial charge is 0.493 e. The maximum atomic E-state index is 12.8. The van der Waals surface area contributed by atoms with Crippen molar-refractivity contribution in [1.29, 1.82) is 0 Å². The molecule has 0 spiro atoms. The number of fused-ring (bicyclic) bond motifs is 1. The first-order valence-electron chi connectivity index (χ1n) is 9.32. The zero-order chi connectivity index (χ0) is 20.4. The van der Waals surface area contributed by atoms with E-state index < -0.39 is 0 Å². The molecule has 0 saturated heterocycles. The van der Waals surface area contributed by atoms with Crippen LogP contribution in [0.15, 0.2) is 53.3 Å². The fourth-order valence-electron chi connectivity index (χ4n) is 2.84. The van der Waals surface area contributed by atoms with E-state index >= 15 is 0 Å². The number of aromatic nitrogens is 3. The van der Waals surface area contributed by atoms with Gasteiger partial charge in [-0.2, -0.15) is 9.50 Å². The van der Waals surface area contributed by atoms with E-state index in [1.54, 1.807) is 7.11 Å². The van der Waals surface area contributed by atoms with Crippen LogP contribution in [-0.4, -0.2) is 28.3 Å². The molecule has 0 N–H and O–H groups in total. The molecular weight excluding hydrogens is 386 g/mol. The molecule has 4 aromatic rings. The van der Waals surface area contributed by atoms with E-state index in [9.17, 15) is 4.79 Å². The minimum absolute atomic E-state index is 0.182. The summed E-state index contributed by atoms with van der Waals surface area (Å²) in [6.07, 6.45) is 1.82. The fourth-order valence-corrected chi connectivity index (χ4v) is 3.75. The predicted molar refractivity (Wildman–Crippen MR) is 115 cm³/mol. The Labute approximate surface area is 172 Å². The number of hydrogen-bond acceptors (Lipinski definition) is 6. The molecule has 0 aliphatic heterocycles. The van der Waals surface area contributed by atoms with Gasteiger partial charge in [-0.25, -0.2) is 0 Å². The molecule has 148 valence electrons. The number of thiazole rings is 1. The monoisotopic (exact) mass is 407 g/mol. The molecule has 6 nitrogen and oxygen atoms in total. The fraction of sp³-hybridized carbons (Fsp3) is 0.227. The Morgan fingerprint density at radius 2 is 1.93 bits per heavy atom. The molecule has 4 rings (SSSR count). The first-order chi connectivity index (χ1) is 14.0. The number of hydrogen-bond donors (Lipinski definition) is 0. The van der Waals surface area contributed by atoms with Crippen LogP contribution in [-0.2, 0) is 0 Å². The van der Waals surface area contributed by atoms with Crippen LogP contribution < -0.4 is 19.6 Å². The molecule has 0 fully saturated rings. The van der Waals surface area contributed by atoms with Gasteiger partial charge in [0.1, 0.15) is 0 Å². The number of nitrogens with zero attached hydrogens (tertiary/aromatic N) is 3. The first-order valence-corrected chi connectivity index (χ1v) is 10.1. The van der Waals surface area contributed by atoms with E-state index in [1.165, 1.54) is 15.9 Å². The van der Waals surface area contributed by atoms with Crippen molar-refractivity contribution in [3.8, 4) is 22.9 Å². The molecule has 0 saturated carbocycles. The van der Waals surface area contributed by atoms with Crippen LogP contribution in [0.1, 0.15) is 19.4 Å². The van der Waals surface area contributed by atoms with Crippen molar-refractivity contribution in [2.75, 3.05) is 13.7 Å². The van der Waals surface area contributed by atoms with E-state index in [4.69, 9.17) is 9.47 Å². The maximum Gasteiger partial charge on any atom is 0.291 e. The van der Waals surface area contributed by atoms with E-state index in [0.717, 1.165) is 11.1 Å². The third kappa shape index (κ3) is 4.00. The number of methoxy groups -OCH3 is 1. The van der Waals surface area contributed by atoms with Crippen molar-refractivity contribution in [3.05, 3.63) is 69.0 Å². The summed E-state index contributed by atoms with van der Waals surface area (Å²) in [5.41, 5.74) is 1.55. The van der Waals surface area contributed by atoms with Crippen molar-refractivity contribution in [1.82, 2.24) is 14.6 Å². The average Bonchev–Trinajstić information content (AvgIpc) is 3.27. The van der Waals surface area contributed by atoms with Gasteiger partial charge in [-0.1, -0.05) is 61.6 Å². The average molecular weight is 407 g/mol. The predicted octanol–water partition coefficient (Wildman–Crippen LogP) is 3.41. The van der Waals surface area contributed by atoms with Gasteiger partial charge in [0.25, 0.3) is 5.56 Å². The molecule has 0 bridgehead atoms. The van der Waals surface area contributed by atoms with Crippen LogP contribution in [0.4, 0.5) is 0 Å². The highest BCUT2D eigenvalue weighted by atomic mass is 32.1. The molecule has 2 aromatic carbocycles. The number of ether oxygens (including phenoxy) is 2. The lowest BCUT2D eigenvalue weighted by Crippen LogP contribution is -2.23. The Morgan fingerprint density at radius 1 is 1.14 bits per heavy atom. The van der Waals surface area contributed by atoms with Gasteiger partial charge in [-0.05, 0) is 29.7 Å². The summed E-state index contributed by atoms with van der Waals surface area (Å²) >= 11 is 1.32. The van der Waals surface area contributed by atoms with Crippen molar-refractivity contribution in [2.24, 2.45) is 5.92 Å².